The van der Waals surface area contributed by atoms with Gasteiger partial charge >= 0.3 is 0 Å². The Morgan fingerprint density at radius 2 is 1.90 bits per heavy atom. The van der Waals surface area contributed by atoms with E-state index in [0.717, 1.165) is 11.1 Å². The van der Waals surface area contributed by atoms with Gasteiger partial charge in [-0.25, -0.2) is 5.10 Å². The summed E-state index contributed by atoms with van der Waals surface area (Å²) in [4.78, 5) is 40.9. The van der Waals surface area contributed by atoms with Crippen LogP contribution in [0.25, 0.3) is 0 Å². The second kappa shape index (κ2) is 11.5. The van der Waals surface area contributed by atoms with Crippen molar-refractivity contribution in [2.24, 2.45) is 5.41 Å². The molecule has 2 amide bonds. The number of carbonyl (C=O) groups excluding carboxylic acids is 2. The predicted molar refractivity (Wildman–Crippen MR) is 154 cm³/mol. The van der Waals surface area contributed by atoms with E-state index in [2.05, 4.69) is 26.9 Å². The van der Waals surface area contributed by atoms with Crippen molar-refractivity contribution in [2.75, 3.05) is 5.32 Å². The Hall–Kier alpha value is -4.16. The van der Waals surface area contributed by atoms with Crippen molar-refractivity contribution < 1.29 is 9.59 Å². The van der Waals surface area contributed by atoms with E-state index in [1.54, 1.807) is 49.1 Å². The predicted octanol–water partition coefficient (Wildman–Crippen LogP) is 5.18. The van der Waals surface area contributed by atoms with Crippen LogP contribution >= 0.6 is 11.6 Å². The first-order valence-corrected chi connectivity index (χ1v) is 13.5. The molecule has 3 N–H and O–H groups in total. The average molecular weight is 561 g/mol. The van der Waals surface area contributed by atoms with Crippen LogP contribution in [0.2, 0.25) is 5.02 Å². The fourth-order valence-corrected chi connectivity index (χ4v) is 5.40. The van der Waals surface area contributed by atoms with Crippen LogP contribution in [-0.2, 0) is 4.79 Å². The summed E-state index contributed by atoms with van der Waals surface area (Å²) >= 11 is 6.25. The van der Waals surface area contributed by atoms with Gasteiger partial charge in [-0.05, 0) is 95.0 Å². The van der Waals surface area contributed by atoms with E-state index < -0.39 is 17.4 Å². The Morgan fingerprint density at radius 3 is 2.58 bits per heavy atom. The third kappa shape index (κ3) is 6.02. The second-order valence-corrected chi connectivity index (χ2v) is 11.3. The largest absolute Gasteiger partial charge is 0.351 e. The van der Waals surface area contributed by atoms with Gasteiger partial charge in [-0.15, -0.1) is 0 Å². The number of amides is 2. The first-order valence-electron chi connectivity index (χ1n) is 13.1. The van der Waals surface area contributed by atoms with E-state index in [-0.39, 0.29) is 23.6 Å². The van der Waals surface area contributed by atoms with Gasteiger partial charge in [-0.3, -0.25) is 14.4 Å². The van der Waals surface area contributed by atoms with Crippen molar-refractivity contribution in [2.45, 2.75) is 65.6 Å². The maximum atomic E-state index is 13.9. The van der Waals surface area contributed by atoms with Gasteiger partial charge in [0.1, 0.15) is 11.7 Å². The van der Waals surface area contributed by atoms with Crippen molar-refractivity contribution in [3.05, 3.63) is 86.3 Å². The Balaban J connectivity index is 1.53. The number of nitrogens with zero attached hydrogens (tertiary/aromatic N) is 3. The Bertz CT molecular complexity index is 1540. The van der Waals surface area contributed by atoms with Crippen molar-refractivity contribution in [1.82, 2.24) is 20.4 Å². The van der Waals surface area contributed by atoms with Crippen molar-refractivity contribution in [3.63, 3.8) is 0 Å². The molecule has 0 aliphatic carbocycles. The zero-order valence-electron chi connectivity index (χ0n) is 23.2. The monoisotopic (exact) mass is 560 g/mol. The van der Waals surface area contributed by atoms with E-state index in [1.165, 1.54) is 0 Å². The second-order valence-electron chi connectivity index (χ2n) is 10.8. The van der Waals surface area contributed by atoms with Crippen LogP contribution in [0.15, 0.2) is 53.3 Å². The van der Waals surface area contributed by atoms with Crippen LogP contribution in [0.1, 0.15) is 66.8 Å². The number of likely N-dealkylation sites (tertiary alicyclic amines) is 1. The van der Waals surface area contributed by atoms with Gasteiger partial charge in [0, 0.05) is 16.3 Å². The highest BCUT2D eigenvalue weighted by molar-refractivity contribution is 6.30. The molecule has 4 rings (SSSR count). The number of benzene rings is 2. The minimum atomic E-state index is -0.833. The van der Waals surface area contributed by atoms with Gasteiger partial charge in [-0.2, -0.15) is 10.4 Å². The van der Waals surface area contributed by atoms with E-state index in [4.69, 9.17) is 11.6 Å². The zero-order chi connectivity index (χ0) is 29.2. The maximum Gasteiger partial charge on any atom is 0.287 e. The number of halogens is 1. The summed E-state index contributed by atoms with van der Waals surface area (Å²) in [6.45, 7) is 8.92. The van der Waals surface area contributed by atoms with E-state index in [9.17, 15) is 19.6 Å². The summed E-state index contributed by atoms with van der Waals surface area (Å²) in [5.74, 6) is -0.658. The number of aryl methyl sites for hydroxylation is 2. The number of anilines is 2. The lowest BCUT2D eigenvalue weighted by Gasteiger charge is -2.38. The number of nitrogens with one attached hydrogen (secondary N) is 3. The first kappa shape index (κ1) is 28.8. The SMILES string of the molecule is Cc1cc(Nc2ccc(C(=O)N[C@H](C)C(=O)N3[C@H](c4cccc(Cl)c4)CC[C@@H]3C(C)(C)C#N)cc2C)c(=O)[nH]n1. The molecule has 1 aliphatic heterocycles. The molecule has 0 saturated carbocycles. The van der Waals surface area contributed by atoms with E-state index in [1.807, 2.05) is 39.0 Å². The molecule has 1 saturated heterocycles. The number of nitriles is 1. The van der Waals surface area contributed by atoms with E-state index >= 15 is 0 Å². The molecule has 3 aromatic rings. The van der Waals surface area contributed by atoms with Crippen LogP contribution in [0, 0.1) is 30.6 Å². The number of H-pyrrole nitrogens is 1. The van der Waals surface area contributed by atoms with E-state index in [0.29, 0.717) is 40.5 Å². The highest BCUT2D eigenvalue weighted by Gasteiger charge is 2.46. The molecule has 2 heterocycles. The molecule has 0 bridgehead atoms. The quantitative estimate of drug-likeness (QED) is 0.365. The zero-order valence-corrected chi connectivity index (χ0v) is 24.0. The van der Waals surface area contributed by atoms with Crippen LogP contribution in [0.5, 0.6) is 0 Å². The first-order chi connectivity index (χ1) is 18.9. The molecular formula is C30H33ClN6O3. The molecule has 208 valence electrons. The standard InChI is InChI=1S/C30H33ClN6O3/c1-17-13-21(9-10-23(17)34-24-14-18(2)35-36-28(24)39)27(38)33-19(3)29(40)37-25(20-7-6-8-22(31)15-20)11-12-26(37)30(4,5)16-32/h6-10,13-15,19,25-26H,11-12H2,1-5H3,(H,33,38)(H,34,35)(H,36,39)/t19-,25+,26-/m1/s1. The number of hydrogen-bond donors (Lipinski definition) is 3. The summed E-state index contributed by atoms with van der Waals surface area (Å²) in [5.41, 5.74) is 2.57. The summed E-state index contributed by atoms with van der Waals surface area (Å²) in [7, 11) is 0. The highest BCUT2D eigenvalue weighted by atomic mass is 35.5. The summed E-state index contributed by atoms with van der Waals surface area (Å²) in [6.07, 6.45) is 1.35. The molecule has 40 heavy (non-hydrogen) atoms. The fraction of sp³-hybridized carbons (Fsp3) is 0.367. The molecular weight excluding hydrogens is 528 g/mol. The van der Waals surface area contributed by atoms with Gasteiger partial charge in [0.05, 0.1) is 29.3 Å². The number of aromatic nitrogens is 2. The highest BCUT2D eigenvalue weighted by Crippen LogP contribution is 2.43. The minimum absolute atomic E-state index is 0.254. The van der Waals surface area contributed by atoms with Crippen molar-refractivity contribution in [1.29, 1.82) is 5.26 Å². The van der Waals surface area contributed by atoms with Crippen molar-refractivity contribution in [3.8, 4) is 6.07 Å². The molecule has 0 spiro atoms. The summed E-state index contributed by atoms with van der Waals surface area (Å²) in [6, 6.07) is 15.0. The van der Waals surface area contributed by atoms with Gasteiger partial charge in [-0.1, -0.05) is 23.7 Å². The third-order valence-corrected chi connectivity index (χ3v) is 7.64. The molecule has 3 atom stereocenters. The Kier molecular flexibility index (Phi) is 8.31. The van der Waals surface area contributed by atoms with Crippen LogP contribution in [0.3, 0.4) is 0 Å². The lowest BCUT2D eigenvalue weighted by Crippen LogP contribution is -2.52. The number of aromatic amines is 1. The van der Waals surface area contributed by atoms with Gasteiger partial charge in [0.25, 0.3) is 11.5 Å². The maximum absolute atomic E-state index is 13.9. The lowest BCUT2D eigenvalue weighted by molar-refractivity contribution is -0.137. The van der Waals surface area contributed by atoms with Gasteiger partial charge < -0.3 is 15.5 Å². The Labute approximate surface area is 238 Å². The molecule has 1 aromatic heterocycles. The molecule has 2 aromatic carbocycles. The summed E-state index contributed by atoms with van der Waals surface area (Å²) < 4.78 is 0. The van der Waals surface area contributed by atoms with Gasteiger partial charge in [0.2, 0.25) is 5.91 Å². The number of hydrogen-bond acceptors (Lipinski definition) is 6. The van der Waals surface area contributed by atoms with Crippen LogP contribution in [-0.4, -0.2) is 39.0 Å². The van der Waals surface area contributed by atoms with Crippen LogP contribution < -0.4 is 16.2 Å². The topological polar surface area (TPSA) is 131 Å². The average Bonchev–Trinajstić information content (AvgIpc) is 3.37. The molecule has 0 radical (unpaired) electrons. The molecule has 10 heteroatoms. The molecule has 0 unspecified atom stereocenters. The fourth-order valence-electron chi connectivity index (χ4n) is 5.20. The number of rotatable bonds is 7. The molecule has 1 fully saturated rings. The van der Waals surface area contributed by atoms with Crippen LogP contribution in [0.4, 0.5) is 11.4 Å². The summed E-state index contributed by atoms with van der Waals surface area (Å²) in [5, 5.41) is 22.7. The normalized spacial score (nSPS) is 17.7. The molecule has 9 nitrogen and oxygen atoms in total. The molecule has 1 aliphatic rings. The van der Waals surface area contributed by atoms with Gasteiger partial charge in [0.15, 0.2) is 0 Å². The van der Waals surface area contributed by atoms with Crippen molar-refractivity contribution >= 4 is 34.8 Å². The number of carbonyl (C=O) groups is 2. The minimum Gasteiger partial charge on any atom is -0.351 e. The third-order valence-electron chi connectivity index (χ3n) is 7.40. The smallest absolute Gasteiger partial charge is 0.287 e. The lowest BCUT2D eigenvalue weighted by atomic mass is 9.84. The Morgan fingerprint density at radius 1 is 1.15 bits per heavy atom.